The van der Waals surface area contributed by atoms with Crippen molar-refractivity contribution in [2.45, 2.75) is 19.0 Å². The monoisotopic (exact) mass is 200 g/mol. The zero-order valence-electron chi connectivity index (χ0n) is 9.06. The lowest BCUT2D eigenvalue weighted by Crippen LogP contribution is -2.28. The van der Waals surface area contributed by atoms with Crippen LogP contribution in [0.4, 0.5) is 0 Å². The van der Waals surface area contributed by atoms with Gasteiger partial charge in [-0.15, -0.1) is 6.58 Å². The van der Waals surface area contributed by atoms with Crippen LogP contribution in [0.5, 0.6) is 0 Å². The number of nitrogens with zero attached hydrogens (tertiary/aromatic N) is 2. The van der Waals surface area contributed by atoms with E-state index < -0.39 is 0 Å². The van der Waals surface area contributed by atoms with Crippen molar-refractivity contribution in [3.8, 4) is 6.07 Å². The van der Waals surface area contributed by atoms with Crippen molar-refractivity contribution in [3.63, 3.8) is 0 Å². The van der Waals surface area contributed by atoms with Crippen molar-refractivity contribution in [1.82, 2.24) is 4.90 Å². The predicted octanol–water partition coefficient (Wildman–Crippen LogP) is 2.59. The molecule has 2 nitrogen and oxygen atoms in total. The van der Waals surface area contributed by atoms with Crippen molar-refractivity contribution in [2.24, 2.45) is 0 Å². The Morgan fingerprint density at radius 1 is 1.47 bits per heavy atom. The molecule has 0 amide bonds. The molecule has 0 radical (unpaired) electrons. The first kappa shape index (κ1) is 11.5. The molecule has 1 aromatic carbocycles. The first-order chi connectivity index (χ1) is 7.27. The molecule has 0 spiro atoms. The van der Waals surface area contributed by atoms with Crippen LogP contribution in [0.2, 0.25) is 0 Å². The highest BCUT2D eigenvalue weighted by Gasteiger charge is 2.10. The zero-order valence-corrected chi connectivity index (χ0v) is 9.06. The largest absolute Gasteiger partial charge is 0.295 e. The summed E-state index contributed by atoms with van der Waals surface area (Å²) in [4.78, 5) is 2.13. The van der Waals surface area contributed by atoms with Crippen molar-refractivity contribution in [3.05, 3.63) is 48.6 Å². The summed E-state index contributed by atoms with van der Waals surface area (Å²) in [5.74, 6) is 0. The fraction of sp³-hybridized carbons (Fsp3) is 0.308. The van der Waals surface area contributed by atoms with Gasteiger partial charge in [-0.2, -0.15) is 5.26 Å². The molecule has 0 aliphatic heterocycles. The van der Waals surface area contributed by atoms with Gasteiger partial charge in [0.15, 0.2) is 0 Å². The Bertz CT molecular complexity index is 337. The van der Waals surface area contributed by atoms with Gasteiger partial charge in [0.1, 0.15) is 0 Å². The Morgan fingerprint density at radius 3 is 2.67 bits per heavy atom. The van der Waals surface area contributed by atoms with Gasteiger partial charge in [0.2, 0.25) is 0 Å². The molecule has 0 aliphatic carbocycles. The van der Waals surface area contributed by atoms with Crippen molar-refractivity contribution < 1.29 is 0 Å². The van der Waals surface area contributed by atoms with Crippen molar-refractivity contribution in [2.75, 3.05) is 7.05 Å². The number of hydrogen-bond donors (Lipinski definition) is 0. The van der Waals surface area contributed by atoms with Crippen LogP contribution < -0.4 is 0 Å². The minimum absolute atomic E-state index is 0.134. The second-order valence-electron chi connectivity index (χ2n) is 3.57. The second kappa shape index (κ2) is 6.00. The fourth-order valence-electron chi connectivity index (χ4n) is 1.50. The quantitative estimate of drug-likeness (QED) is 0.683. The summed E-state index contributed by atoms with van der Waals surface area (Å²) < 4.78 is 0. The maximum Gasteiger partial charge on any atom is 0.0641 e. The SMILES string of the molecule is C=CC(CC#N)N(C)Cc1ccccc1. The number of benzene rings is 1. The van der Waals surface area contributed by atoms with E-state index in [1.54, 1.807) is 0 Å². The van der Waals surface area contributed by atoms with E-state index in [1.165, 1.54) is 5.56 Å². The van der Waals surface area contributed by atoms with Crippen LogP contribution >= 0.6 is 0 Å². The van der Waals surface area contributed by atoms with Gasteiger partial charge in [0, 0.05) is 12.6 Å². The van der Waals surface area contributed by atoms with Crippen LogP contribution in [-0.4, -0.2) is 18.0 Å². The highest BCUT2D eigenvalue weighted by Crippen LogP contribution is 2.08. The molecule has 0 fully saturated rings. The molecular weight excluding hydrogens is 184 g/mol. The summed E-state index contributed by atoms with van der Waals surface area (Å²) in [5, 5.41) is 8.66. The van der Waals surface area contributed by atoms with Gasteiger partial charge in [-0.3, -0.25) is 4.90 Å². The number of likely N-dealkylation sites (N-methyl/N-ethyl adjacent to an activating group) is 1. The van der Waals surface area contributed by atoms with E-state index in [0.29, 0.717) is 6.42 Å². The van der Waals surface area contributed by atoms with Crippen LogP contribution in [0.25, 0.3) is 0 Å². The van der Waals surface area contributed by atoms with Gasteiger partial charge in [-0.05, 0) is 12.6 Å². The van der Waals surface area contributed by atoms with E-state index in [9.17, 15) is 0 Å². The van der Waals surface area contributed by atoms with Gasteiger partial charge in [-0.1, -0.05) is 36.4 Å². The minimum Gasteiger partial charge on any atom is -0.295 e. The Labute approximate surface area is 91.4 Å². The van der Waals surface area contributed by atoms with E-state index >= 15 is 0 Å². The zero-order chi connectivity index (χ0) is 11.1. The van der Waals surface area contributed by atoms with Crippen molar-refractivity contribution in [1.29, 1.82) is 5.26 Å². The number of hydrogen-bond acceptors (Lipinski definition) is 2. The third-order valence-electron chi connectivity index (χ3n) is 2.41. The lowest BCUT2D eigenvalue weighted by atomic mass is 10.1. The lowest BCUT2D eigenvalue weighted by molar-refractivity contribution is 0.276. The summed E-state index contributed by atoms with van der Waals surface area (Å²) in [7, 11) is 2.01. The molecule has 1 atom stereocenters. The third-order valence-corrected chi connectivity index (χ3v) is 2.41. The average Bonchev–Trinajstić information content (AvgIpc) is 2.27. The summed E-state index contributed by atoms with van der Waals surface area (Å²) in [6.07, 6.45) is 2.32. The topological polar surface area (TPSA) is 27.0 Å². The first-order valence-electron chi connectivity index (χ1n) is 5.01. The van der Waals surface area contributed by atoms with E-state index in [1.807, 2.05) is 31.3 Å². The van der Waals surface area contributed by atoms with Crippen molar-refractivity contribution >= 4 is 0 Å². The van der Waals surface area contributed by atoms with E-state index in [4.69, 9.17) is 5.26 Å². The molecule has 1 aromatic rings. The minimum atomic E-state index is 0.134. The standard InChI is InChI=1S/C13H16N2/c1-3-13(9-10-14)15(2)11-12-7-5-4-6-8-12/h3-8,13H,1,9,11H2,2H3. The molecule has 0 bridgehead atoms. The van der Waals surface area contributed by atoms with Gasteiger partial charge in [0.25, 0.3) is 0 Å². The lowest BCUT2D eigenvalue weighted by Gasteiger charge is -2.23. The highest BCUT2D eigenvalue weighted by atomic mass is 15.1. The Morgan fingerprint density at radius 2 is 2.13 bits per heavy atom. The molecule has 0 aromatic heterocycles. The molecule has 0 aliphatic rings. The summed E-state index contributed by atoms with van der Waals surface area (Å²) >= 11 is 0. The van der Waals surface area contributed by atoms with Gasteiger partial charge in [-0.25, -0.2) is 0 Å². The molecule has 0 saturated carbocycles. The van der Waals surface area contributed by atoms with E-state index in [0.717, 1.165) is 6.54 Å². The molecule has 0 saturated heterocycles. The van der Waals surface area contributed by atoms with Gasteiger partial charge in [0.05, 0.1) is 12.5 Å². The fourth-order valence-corrected chi connectivity index (χ4v) is 1.50. The normalized spacial score (nSPS) is 12.1. The van der Waals surface area contributed by atoms with E-state index in [2.05, 4.69) is 29.7 Å². The summed E-state index contributed by atoms with van der Waals surface area (Å²) in [6, 6.07) is 12.5. The van der Waals surface area contributed by atoms with Crippen LogP contribution in [0.15, 0.2) is 43.0 Å². The van der Waals surface area contributed by atoms with E-state index in [-0.39, 0.29) is 6.04 Å². The average molecular weight is 200 g/mol. The number of nitriles is 1. The highest BCUT2D eigenvalue weighted by molar-refractivity contribution is 5.14. The van der Waals surface area contributed by atoms with Gasteiger partial charge < -0.3 is 0 Å². The molecule has 0 N–H and O–H groups in total. The van der Waals surface area contributed by atoms with Crippen LogP contribution in [0, 0.1) is 11.3 Å². The molecular formula is C13H16N2. The Hall–Kier alpha value is -1.59. The van der Waals surface area contributed by atoms with Crippen LogP contribution in [-0.2, 0) is 6.54 Å². The molecule has 2 heteroatoms. The molecule has 0 heterocycles. The Balaban J connectivity index is 2.58. The first-order valence-corrected chi connectivity index (χ1v) is 5.01. The van der Waals surface area contributed by atoms with Gasteiger partial charge >= 0.3 is 0 Å². The smallest absolute Gasteiger partial charge is 0.0641 e. The maximum absolute atomic E-state index is 8.66. The summed E-state index contributed by atoms with van der Waals surface area (Å²) in [6.45, 7) is 4.60. The van der Waals surface area contributed by atoms with Crippen LogP contribution in [0.1, 0.15) is 12.0 Å². The molecule has 1 unspecified atom stereocenters. The molecule has 15 heavy (non-hydrogen) atoms. The molecule has 1 rings (SSSR count). The third kappa shape index (κ3) is 3.57. The second-order valence-corrected chi connectivity index (χ2v) is 3.57. The Kier molecular flexibility index (Phi) is 4.59. The number of rotatable bonds is 5. The molecule has 78 valence electrons. The summed E-state index contributed by atoms with van der Waals surface area (Å²) in [5.41, 5.74) is 1.25. The van der Waals surface area contributed by atoms with Crippen LogP contribution in [0.3, 0.4) is 0 Å². The predicted molar refractivity (Wildman–Crippen MR) is 62.1 cm³/mol. The maximum atomic E-state index is 8.66.